The predicted molar refractivity (Wildman–Crippen MR) is 72.7 cm³/mol. The van der Waals surface area contributed by atoms with E-state index in [-0.39, 0.29) is 0 Å². The highest BCUT2D eigenvalue weighted by Crippen LogP contribution is 2.33. The summed E-state index contributed by atoms with van der Waals surface area (Å²) >= 11 is 0. The van der Waals surface area contributed by atoms with E-state index in [0.29, 0.717) is 6.42 Å². The maximum atomic E-state index is 9.65. The molecule has 1 aromatic heterocycles. The first kappa shape index (κ1) is 11.1. The molecule has 0 spiro atoms. The van der Waals surface area contributed by atoms with Crippen LogP contribution in [0.1, 0.15) is 13.3 Å². The number of fused-ring (bicyclic) bond motifs is 3. The van der Waals surface area contributed by atoms with Gasteiger partial charge in [0.1, 0.15) is 5.75 Å². The van der Waals surface area contributed by atoms with Crippen molar-refractivity contribution in [1.82, 2.24) is 4.98 Å². The third kappa shape index (κ3) is 1.73. The lowest BCUT2D eigenvalue weighted by Gasteiger charge is -2.12. The second-order valence-corrected chi connectivity index (χ2v) is 4.33. The van der Waals surface area contributed by atoms with Crippen molar-refractivity contribution in [2.24, 2.45) is 0 Å². The second kappa shape index (κ2) is 4.35. The van der Waals surface area contributed by atoms with Crippen molar-refractivity contribution in [2.75, 3.05) is 0 Å². The minimum Gasteiger partial charge on any atom is -0.464 e. The summed E-state index contributed by atoms with van der Waals surface area (Å²) < 4.78 is 5.58. The van der Waals surface area contributed by atoms with Crippen LogP contribution in [0.25, 0.3) is 21.8 Å². The van der Waals surface area contributed by atoms with E-state index in [0.717, 1.165) is 27.6 Å². The Bertz CT molecular complexity index is 687. The number of para-hydroxylation sites is 1. The zero-order valence-electron chi connectivity index (χ0n) is 10.2. The Morgan fingerprint density at radius 1 is 1.11 bits per heavy atom. The lowest BCUT2D eigenvalue weighted by atomic mass is 10.1. The standard InChI is InChI=1S/C15H15NO2/c1-2-14(17)18-13-9-5-8-12-15(13)10-6-3-4-7-11(10)16-12/h3-9,14,16-17H,2H2,1H3. The quantitative estimate of drug-likeness (QED) is 0.690. The number of aliphatic hydroxyl groups excluding tert-OH is 1. The van der Waals surface area contributed by atoms with E-state index in [2.05, 4.69) is 11.1 Å². The van der Waals surface area contributed by atoms with E-state index in [1.165, 1.54) is 0 Å². The minimum absolute atomic E-state index is 0.568. The van der Waals surface area contributed by atoms with E-state index in [1.807, 2.05) is 43.3 Å². The predicted octanol–water partition coefficient (Wildman–Crippen LogP) is 3.43. The summed E-state index contributed by atoms with van der Waals surface area (Å²) in [5.74, 6) is 0.722. The van der Waals surface area contributed by atoms with Gasteiger partial charge in [-0.25, -0.2) is 0 Å². The van der Waals surface area contributed by atoms with Crippen LogP contribution in [0, 0.1) is 0 Å². The zero-order valence-corrected chi connectivity index (χ0v) is 10.2. The third-order valence-corrected chi connectivity index (χ3v) is 3.10. The molecule has 2 N–H and O–H groups in total. The lowest BCUT2D eigenvalue weighted by Crippen LogP contribution is -2.13. The number of nitrogens with one attached hydrogen (secondary N) is 1. The maximum absolute atomic E-state index is 9.65. The smallest absolute Gasteiger partial charge is 0.197 e. The van der Waals surface area contributed by atoms with Crippen molar-refractivity contribution in [1.29, 1.82) is 0 Å². The summed E-state index contributed by atoms with van der Waals surface area (Å²) in [5, 5.41) is 11.8. The van der Waals surface area contributed by atoms with E-state index >= 15 is 0 Å². The highest BCUT2D eigenvalue weighted by atomic mass is 16.6. The summed E-state index contributed by atoms with van der Waals surface area (Å²) in [7, 11) is 0. The molecular weight excluding hydrogens is 226 g/mol. The molecule has 3 nitrogen and oxygen atoms in total. The number of hydrogen-bond donors (Lipinski definition) is 2. The molecule has 1 atom stereocenters. The van der Waals surface area contributed by atoms with Crippen molar-refractivity contribution in [2.45, 2.75) is 19.6 Å². The number of ether oxygens (including phenoxy) is 1. The molecule has 18 heavy (non-hydrogen) atoms. The van der Waals surface area contributed by atoms with Crippen LogP contribution < -0.4 is 4.74 Å². The summed E-state index contributed by atoms with van der Waals surface area (Å²) in [6, 6.07) is 13.9. The summed E-state index contributed by atoms with van der Waals surface area (Å²) in [5.41, 5.74) is 2.10. The van der Waals surface area contributed by atoms with Gasteiger partial charge in [0.15, 0.2) is 6.29 Å². The van der Waals surface area contributed by atoms with E-state index in [9.17, 15) is 5.11 Å². The summed E-state index contributed by atoms with van der Waals surface area (Å²) in [4.78, 5) is 3.35. The first-order valence-corrected chi connectivity index (χ1v) is 6.13. The van der Waals surface area contributed by atoms with Crippen LogP contribution in [0.15, 0.2) is 42.5 Å². The fourth-order valence-corrected chi connectivity index (χ4v) is 2.20. The average Bonchev–Trinajstić information content (AvgIpc) is 2.78. The van der Waals surface area contributed by atoms with Gasteiger partial charge in [0.05, 0.1) is 5.52 Å². The number of aromatic amines is 1. The molecule has 92 valence electrons. The van der Waals surface area contributed by atoms with Gasteiger partial charge in [0, 0.05) is 22.7 Å². The zero-order chi connectivity index (χ0) is 12.5. The average molecular weight is 241 g/mol. The largest absolute Gasteiger partial charge is 0.464 e. The fraction of sp³-hybridized carbons (Fsp3) is 0.200. The van der Waals surface area contributed by atoms with Gasteiger partial charge < -0.3 is 14.8 Å². The molecule has 1 unspecified atom stereocenters. The molecule has 0 fully saturated rings. The Morgan fingerprint density at radius 3 is 2.72 bits per heavy atom. The number of benzene rings is 2. The molecule has 3 heteroatoms. The van der Waals surface area contributed by atoms with Gasteiger partial charge >= 0.3 is 0 Å². The summed E-state index contributed by atoms with van der Waals surface area (Å²) in [6.45, 7) is 1.89. The first-order chi connectivity index (χ1) is 8.79. The highest BCUT2D eigenvalue weighted by Gasteiger charge is 2.11. The monoisotopic (exact) mass is 241 g/mol. The van der Waals surface area contributed by atoms with Crippen LogP contribution in [-0.4, -0.2) is 16.4 Å². The van der Waals surface area contributed by atoms with Gasteiger partial charge in [-0.2, -0.15) is 0 Å². The maximum Gasteiger partial charge on any atom is 0.197 e. The number of aromatic nitrogens is 1. The van der Waals surface area contributed by atoms with Gasteiger partial charge in [-0.1, -0.05) is 31.2 Å². The van der Waals surface area contributed by atoms with E-state index in [1.54, 1.807) is 0 Å². The van der Waals surface area contributed by atoms with Crippen molar-refractivity contribution in [3.8, 4) is 5.75 Å². The Labute approximate surface area is 105 Å². The van der Waals surface area contributed by atoms with Gasteiger partial charge in [0.25, 0.3) is 0 Å². The number of hydrogen-bond acceptors (Lipinski definition) is 2. The molecule has 0 bridgehead atoms. The molecule has 0 saturated carbocycles. The van der Waals surface area contributed by atoms with Crippen LogP contribution >= 0.6 is 0 Å². The molecule has 0 amide bonds. The Kier molecular flexibility index (Phi) is 2.68. The SMILES string of the molecule is CCC(O)Oc1cccc2[nH]c3ccccc3c12. The van der Waals surface area contributed by atoms with Crippen LogP contribution in [0.2, 0.25) is 0 Å². The molecular formula is C15H15NO2. The third-order valence-electron chi connectivity index (χ3n) is 3.10. The Hall–Kier alpha value is -2.00. The van der Waals surface area contributed by atoms with Gasteiger partial charge in [0.2, 0.25) is 0 Å². The van der Waals surface area contributed by atoms with E-state index in [4.69, 9.17) is 4.74 Å². The normalized spacial score (nSPS) is 13.0. The van der Waals surface area contributed by atoms with Crippen molar-refractivity contribution in [3.05, 3.63) is 42.5 Å². The highest BCUT2D eigenvalue weighted by molar-refractivity contribution is 6.10. The van der Waals surface area contributed by atoms with Gasteiger partial charge in [-0.15, -0.1) is 0 Å². The molecule has 0 saturated heterocycles. The number of aliphatic hydroxyl groups is 1. The molecule has 2 aromatic carbocycles. The van der Waals surface area contributed by atoms with Gasteiger partial charge in [-0.3, -0.25) is 0 Å². The van der Waals surface area contributed by atoms with Crippen LogP contribution in [-0.2, 0) is 0 Å². The molecule has 0 aliphatic heterocycles. The molecule has 1 heterocycles. The fourth-order valence-electron chi connectivity index (χ4n) is 2.20. The molecule has 3 rings (SSSR count). The van der Waals surface area contributed by atoms with Crippen molar-refractivity contribution < 1.29 is 9.84 Å². The van der Waals surface area contributed by atoms with Gasteiger partial charge in [-0.05, 0) is 18.2 Å². The number of rotatable bonds is 3. The molecule has 0 aliphatic rings. The van der Waals surface area contributed by atoms with Crippen molar-refractivity contribution in [3.63, 3.8) is 0 Å². The minimum atomic E-state index is -0.760. The Morgan fingerprint density at radius 2 is 1.89 bits per heavy atom. The second-order valence-electron chi connectivity index (χ2n) is 4.33. The number of H-pyrrole nitrogens is 1. The van der Waals surface area contributed by atoms with E-state index < -0.39 is 6.29 Å². The topological polar surface area (TPSA) is 45.2 Å². The lowest BCUT2D eigenvalue weighted by molar-refractivity contribution is -0.0179. The van der Waals surface area contributed by atoms with Crippen LogP contribution in [0.5, 0.6) is 5.75 Å². The Balaban J connectivity index is 2.25. The molecule has 0 aliphatic carbocycles. The summed E-state index contributed by atoms with van der Waals surface area (Å²) in [6.07, 6.45) is -0.192. The van der Waals surface area contributed by atoms with Crippen LogP contribution in [0.3, 0.4) is 0 Å². The van der Waals surface area contributed by atoms with Crippen LogP contribution in [0.4, 0.5) is 0 Å². The molecule has 3 aromatic rings. The van der Waals surface area contributed by atoms with Crippen molar-refractivity contribution >= 4 is 21.8 Å². The molecule has 0 radical (unpaired) electrons. The first-order valence-electron chi connectivity index (χ1n) is 6.13.